The third kappa shape index (κ3) is 6.66. The van der Waals surface area contributed by atoms with Crippen LogP contribution in [0.3, 0.4) is 0 Å². The summed E-state index contributed by atoms with van der Waals surface area (Å²) in [5.41, 5.74) is 2.79. The summed E-state index contributed by atoms with van der Waals surface area (Å²) in [7, 11) is 0. The van der Waals surface area contributed by atoms with Crippen molar-refractivity contribution in [1.82, 2.24) is 24.6 Å². The number of hydrogen-bond acceptors (Lipinski definition) is 5. The van der Waals surface area contributed by atoms with Gasteiger partial charge >= 0.3 is 0 Å². The molecule has 0 aliphatic rings. The number of rotatable bonds is 11. The highest BCUT2D eigenvalue weighted by Crippen LogP contribution is 2.32. The number of ether oxygens (including phenoxy) is 1. The fraction of sp³-hybridized carbons (Fsp3) is 0.214. The number of carbonyl (C=O) groups is 1. The van der Waals surface area contributed by atoms with Crippen LogP contribution in [0.1, 0.15) is 25.3 Å². The van der Waals surface area contributed by atoms with Crippen LogP contribution in [0.2, 0.25) is 5.02 Å². The highest BCUT2D eigenvalue weighted by atomic mass is 35.5. The molecule has 2 aromatic heterocycles. The smallest absolute Gasteiger partial charge is 0.261 e. The Morgan fingerprint density at radius 1 is 1.24 bits per heavy atom. The minimum absolute atomic E-state index is 0.00881. The standard InChI is InChI=1S/C28H27ClN6O2/c1-2-15-37-26-10-9-21(17-25(26)29)27-23(19-35(33-27)24-7-4-3-5-8-24)16-22(18-30)28(36)32-11-6-13-34-14-12-31-20-34/h3-5,7-10,12,14,16-17,19-20H,2,6,11,13,15H2,1H3,(H,32,36). The summed E-state index contributed by atoms with van der Waals surface area (Å²) in [5.74, 6) is 0.160. The van der Waals surface area contributed by atoms with E-state index >= 15 is 0 Å². The molecular formula is C28H27ClN6O2. The number of para-hydroxylation sites is 1. The van der Waals surface area contributed by atoms with Crippen LogP contribution in [-0.4, -0.2) is 38.4 Å². The maximum absolute atomic E-state index is 12.8. The average Bonchev–Trinajstić information content (AvgIpc) is 3.59. The molecule has 1 N–H and O–H groups in total. The molecule has 4 aromatic rings. The van der Waals surface area contributed by atoms with Crippen molar-refractivity contribution in [2.75, 3.05) is 13.2 Å². The zero-order valence-corrected chi connectivity index (χ0v) is 21.2. The number of amides is 1. The van der Waals surface area contributed by atoms with Crippen molar-refractivity contribution in [3.8, 4) is 28.8 Å². The summed E-state index contributed by atoms with van der Waals surface area (Å²) in [5, 5.41) is 17.8. The normalized spacial score (nSPS) is 11.2. The number of nitrogens with one attached hydrogen (secondary N) is 1. The van der Waals surface area contributed by atoms with Crippen molar-refractivity contribution in [3.63, 3.8) is 0 Å². The van der Waals surface area contributed by atoms with Gasteiger partial charge < -0.3 is 14.6 Å². The van der Waals surface area contributed by atoms with Crippen LogP contribution in [0.4, 0.5) is 0 Å². The Balaban J connectivity index is 1.61. The van der Waals surface area contributed by atoms with Crippen LogP contribution in [0.25, 0.3) is 23.0 Å². The van der Waals surface area contributed by atoms with Crippen LogP contribution >= 0.6 is 11.6 Å². The number of imidazole rings is 1. The topological polar surface area (TPSA) is 97.8 Å². The molecule has 2 aromatic carbocycles. The Kier molecular flexibility index (Phi) is 8.74. The van der Waals surface area contributed by atoms with Gasteiger partial charge in [-0.2, -0.15) is 10.4 Å². The lowest BCUT2D eigenvalue weighted by atomic mass is 10.1. The summed E-state index contributed by atoms with van der Waals surface area (Å²) >= 11 is 6.49. The van der Waals surface area contributed by atoms with Gasteiger partial charge in [0.05, 0.1) is 23.6 Å². The molecule has 0 spiro atoms. The van der Waals surface area contributed by atoms with E-state index in [4.69, 9.17) is 21.4 Å². The van der Waals surface area contributed by atoms with Crippen molar-refractivity contribution < 1.29 is 9.53 Å². The zero-order valence-electron chi connectivity index (χ0n) is 20.5. The molecule has 0 aliphatic heterocycles. The molecule has 0 fully saturated rings. The molecule has 2 heterocycles. The first kappa shape index (κ1) is 25.7. The van der Waals surface area contributed by atoms with Crippen LogP contribution in [0, 0.1) is 11.3 Å². The molecule has 0 atom stereocenters. The van der Waals surface area contributed by atoms with Gasteiger partial charge in [0.1, 0.15) is 23.1 Å². The van der Waals surface area contributed by atoms with E-state index in [2.05, 4.69) is 10.3 Å². The Hall–Kier alpha value is -4.35. The summed E-state index contributed by atoms with van der Waals surface area (Å²) in [4.78, 5) is 16.8. The molecular weight excluding hydrogens is 488 g/mol. The van der Waals surface area contributed by atoms with Crippen molar-refractivity contribution >= 4 is 23.6 Å². The van der Waals surface area contributed by atoms with E-state index in [0.717, 1.165) is 24.2 Å². The maximum atomic E-state index is 12.8. The monoisotopic (exact) mass is 514 g/mol. The van der Waals surface area contributed by atoms with Crippen LogP contribution in [0.5, 0.6) is 5.75 Å². The molecule has 0 bridgehead atoms. The van der Waals surface area contributed by atoms with Gasteiger partial charge in [-0.05, 0) is 49.2 Å². The largest absolute Gasteiger partial charge is 0.492 e. The van der Waals surface area contributed by atoms with E-state index in [9.17, 15) is 10.1 Å². The number of aromatic nitrogens is 4. The molecule has 9 heteroatoms. The number of nitrogens with zero attached hydrogens (tertiary/aromatic N) is 5. The Morgan fingerprint density at radius 2 is 2.08 bits per heavy atom. The third-order valence-corrected chi connectivity index (χ3v) is 5.83. The van der Waals surface area contributed by atoms with Gasteiger partial charge in [0.15, 0.2) is 0 Å². The van der Waals surface area contributed by atoms with Gasteiger partial charge in [-0.1, -0.05) is 36.7 Å². The lowest BCUT2D eigenvalue weighted by molar-refractivity contribution is -0.117. The molecule has 4 rings (SSSR count). The van der Waals surface area contributed by atoms with Crippen molar-refractivity contribution in [2.45, 2.75) is 26.3 Å². The second kappa shape index (κ2) is 12.6. The van der Waals surface area contributed by atoms with Crippen molar-refractivity contribution in [1.29, 1.82) is 5.26 Å². The molecule has 0 saturated carbocycles. The Labute approximate surface area is 220 Å². The molecule has 37 heavy (non-hydrogen) atoms. The fourth-order valence-corrected chi connectivity index (χ4v) is 3.92. The minimum atomic E-state index is -0.437. The molecule has 0 radical (unpaired) electrons. The van der Waals surface area contributed by atoms with Crippen molar-refractivity contribution in [3.05, 3.63) is 89.6 Å². The van der Waals surface area contributed by atoms with E-state index in [-0.39, 0.29) is 5.57 Å². The van der Waals surface area contributed by atoms with E-state index < -0.39 is 5.91 Å². The van der Waals surface area contributed by atoms with Crippen LogP contribution < -0.4 is 10.1 Å². The fourth-order valence-electron chi connectivity index (χ4n) is 3.69. The van der Waals surface area contributed by atoms with Gasteiger partial charge in [0, 0.05) is 42.8 Å². The quantitative estimate of drug-likeness (QED) is 0.166. The van der Waals surface area contributed by atoms with Crippen LogP contribution in [-0.2, 0) is 11.3 Å². The second-order valence-corrected chi connectivity index (χ2v) is 8.69. The number of nitriles is 1. The van der Waals surface area contributed by atoms with E-state index in [0.29, 0.717) is 41.6 Å². The first-order chi connectivity index (χ1) is 18.1. The number of benzene rings is 2. The van der Waals surface area contributed by atoms with Gasteiger partial charge in [0.2, 0.25) is 0 Å². The molecule has 0 unspecified atom stereocenters. The SMILES string of the molecule is CCCOc1ccc(-c2nn(-c3ccccc3)cc2C=C(C#N)C(=O)NCCCn2ccnc2)cc1Cl. The van der Waals surface area contributed by atoms with E-state index in [1.807, 2.05) is 60.2 Å². The Morgan fingerprint density at radius 3 is 2.78 bits per heavy atom. The van der Waals surface area contributed by atoms with Crippen LogP contribution in [0.15, 0.2) is 79.0 Å². The lowest BCUT2D eigenvalue weighted by Gasteiger charge is -2.08. The average molecular weight is 515 g/mol. The molecule has 1 amide bonds. The highest BCUT2D eigenvalue weighted by Gasteiger charge is 2.16. The second-order valence-electron chi connectivity index (χ2n) is 8.29. The predicted octanol–water partition coefficient (Wildman–Crippen LogP) is 5.29. The molecule has 0 aliphatic carbocycles. The van der Waals surface area contributed by atoms with Gasteiger partial charge in [-0.25, -0.2) is 9.67 Å². The minimum Gasteiger partial charge on any atom is -0.492 e. The lowest BCUT2D eigenvalue weighted by Crippen LogP contribution is -2.26. The third-order valence-electron chi connectivity index (χ3n) is 5.53. The summed E-state index contributed by atoms with van der Waals surface area (Å²) in [6.07, 6.45) is 10.2. The highest BCUT2D eigenvalue weighted by molar-refractivity contribution is 6.32. The summed E-state index contributed by atoms with van der Waals surface area (Å²) < 4.78 is 9.34. The number of hydrogen-bond donors (Lipinski definition) is 1. The van der Waals surface area contributed by atoms with Gasteiger partial charge in [0.25, 0.3) is 5.91 Å². The zero-order chi connectivity index (χ0) is 26.0. The molecule has 0 saturated heterocycles. The Bertz CT molecular complexity index is 1400. The summed E-state index contributed by atoms with van der Waals surface area (Å²) in [6.45, 7) is 3.75. The maximum Gasteiger partial charge on any atom is 0.261 e. The molecule has 8 nitrogen and oxygen atoms in total. The van der Waals surface area contributed by atoms with E-state index in [1.54, 1.807) is 41.6 Å². The number of halogens is 1. The first-order valence-electron chi connectivity index (χ1n) is 12.0. The number of aryl methyl sites for hydroxylation is 1. The first-order valence-corrected chi connectivity index (χ1v) is 12.4. The molecule has 188 valence electrons. The van der Waals surface area contributed by atoms with E-state index in [1.165, 1.54) is 0 Å². The predicted molar refractivity (Wildman–Crippen MR) is 143 cm³/mol. The summed E-state index contributed by atoms with van der Waals surface area (Å²) in [6, 6.07) is 17.1. The van der Waals surface area contributed by atoms with Gasteiger partial charge in [-0.15, -0.1) is 0 Å². The number of carbonyl (C=O) groups excluding carboxylic acids is 1. The van der Waals surface area contributed by atoms with Crippen molar-refractivity contribution in [2.24, 2.45) is 0 Å². The van der Waals surface area contributed by atoms with Gasteiger partial charge in [-0.3, -0.25) is 4.79 Å².